The lowest BCUT2D eigenvalue weighted by Gasteiger charge is -2.57. The standard InChI is InChI=1S/C19H28N2/c1-13-3-17(12-21-11-13)18(20-2)10-19-7-14-4-15(8-19)6-16(5-14)9-19/h3,11-12,14-16,18,20H,4-10H2,1-2H3. The molecule has 4 saturated carbocycles. The van der Waals surface area contributed by atoms with Gasteiger partial charge in [0.2, 0.25) is 0 Å². The van der Waals surface area contributed by atoms with Crippen LogP contribution in [0.2, 0.25) is 0 Å². The molecule has 21 heavy (non-hydrogen) atoms. The van der Waals surface area contributed by atoms with Gasteiger partial charge in [-0.2, -0.15) is 0 Å². The first kappa shape index (κ1) is 13.8. The Morgan fingerprint density at radius 1 is 1.14 bits per heavy atom. The SMILES string of the molecule is CNC(CC12CC3CC(CC(C3)C1)C2)c1cncc(C)c1. The average molecular weight is 284 g/mol. The van der Waals surface area contributed by atoms with Crippen molar-refractivity contribution < 1.29 is 0 Å². The highest BCUT2D eigenvalue weighted by molar-refractivity contribution is 5.21. The predicted molar refractivity (Wildman–Crippen MR) is 86.0 cm³/mol. The number of pyridine rings is 1. The molecule has 1 aromatic rings. The van der Waals surface area contributed by atoms with Crippen LogP contribution < -0.4 is 5.32 Å². The van der Waals surface area contributed by atoms with Crippen LogP contribution in [0.5, 0.6) is 0 Å². The van der Waals surface area contributed by atoms with Crippen LogP contribution in [0, 0.1) is 30.1 Å². The van der Waals surface area contributed by atoms with Gasteiger partial charge in [0.25, 0.3) is 0 Å². The van der Waals surface area contributed by atoms with Crippen LogP contribution >= 0.6 is 0 Å². The zero-order valence-corrected chi connectivity index (χ0v) is 13.4. The summed E-state index contributed by atoms with van der Waals surface area (Å²) >= 11 is 0. The molecular formula is C19H28N2. The van der Waals surface area contributed by atoms with E-state index in [0.29, 0.717) is 11.5 Å². The van der Waals surface area contributed by atoms with E-state index in [1.165, 1.54) is 56.1 Å². The van der Waals surface area contributed by atoms with E-state index in [1.54, 1.807) is 0 Å². The van der Waals surface area contributed by atoms with Gasteiger partial charge >= 0.3 is 0 Å². The summed E-state index contributed by atoms with van der Waals surface area (Å²) in [4.78, 5) is 4.41. The lowest BCUT2D eigenvalue weighted by atomic mass is 9.48. The van der Waals surface area contributed by atoms with E-state index in [4.69, 9.17) is 0 Å². The monoisotopic (exact) mass is 284 g/mol. The second kappa shape index (κ2) is 5.08. The fourth-order valence-corrected chi connectivity index (χ4v) is 6.13. The Morgan fingerprint density at radius 2 is 1.76 bits per heavy atom. The minimum absolute atomic E-state index is 0.480. The van der Waals surface area contributed by atoms with E-state index in [1.807, 2.05) is 6.20 Å². The molecule has 0 radical (unpaired) electrons. The van der Waals surface area contributed by atoms with Crippen molar-refractivity contribution in [3.05, 3.63) is 29.6 Å². The summed E-state index contributed by atoms with van der Waals surface area (Å²) in [6, 6.07) is 2.79. The highest BCUT2D eigenvalue weighted by Gasteiger charge is 2.51. The summed E-state index contributed by atoms with van der Waals surface area (Å²) in [7, 11) is 2.12. The lowest BCUT2D eigenvalue weighted by molar-refractivity contribution is -0.0619. The van der Waals surface area contributed by atoms with Crippen LogP contribution in [0.15, 0.2) is 18.5 Å². The first-order valence-electron chi connectivity index (χ1n) is 8.75. The molecule has 4 aliphatic rings. The molecule has 5 rings (SSSR count). The highest BCUT2D eigenvalue weighted by atomic mass is 14.9. The molecule has 0 aromatic carbocycles. The lowest BCUT2D eigenvalue weighted by Crippen LogP contribution is -2.47. The normalized spacial score (nSPS) is 38.7. The molecule has 4 aliphatic carbocycles. The molecule has 114 valence electrons. The third-order valence-corrected chi connectivity index (χ3v) is 6.45. The van der Waals surface area contributed by atoms with Gasteiger partial charge < -0.3 is 5.32 Å². The molecule has 0 spiro atoms. The number of aryl methyl sites for hydroxylation is 1. The van der Waals surface area contributed by atoms with Gasteiger partial charge in [-0.1, -0.05) is 6.07 Å². The van der Waals surface area contributed by atoms with Crippen molar-refractivity contribution in [3.8, 4) is 0 Å². The zero-order chi connectivity index (χ0) is 14.4. The van der Waals surface area contributed by atoms with Crippen molar-refractivity contribution in [2.24, 2.45) is 23.2 Å². The molecule has 1 aromatic heterocycles. The molecule has 1 unspecified atom stereocenters. The molecule has 1 N–H and O–H groups in total. The molecule has 2 nitrogen and oxygen atoms in total. The summed E-state index contributed by atoms with van der Waals surface area (Å²) in [6.45, 7) is 2.15. The van der Waals surface area contributed by atoms with Gasteiger partial charge in [-0.25, -0.2) is 0 Å². The van der Waals surface area contributed by atoms with E-state index < -0.39 is 0 Å². The van der Waals surface area contributed by atoms with Crippen LogP contribution in [0.3, 0.4) is 0 Å². The van der Waals surface area contributed by atoms with Gasteiger partial charge in [-0.15, -0.1) is 0 Å². The van der Waals surface area contributed by atoms with Gasteiger partial charge in [0.1, 0.15) is 0 Å². The van der Waals surface area contributed by atoms with Crippen LogP contribution in [0.4, 0.5) is 0 Å². The first-order valence-corrected chi connectivity index (χ1v) is 8.75. The summed E-state index contributed by atoms with van der Waals surface area (Å²) in [5, 5.41) is 3.58. The number of aromatic nitrogens is 1. The topological polar surface area (TPSA) is 24.9 Å². The van der Waals surface area contributed by atoms with Crippen LogP contribution in [-0.4, -0.2) is 12.0 Å². The summed E-state index contributed by atoms with van der Waals surface area (Å²) in [6.07, 6.45) is 14.4. The molecule has 1 atom stereocenters. The largest absolute Gasteiger partial charge is 0.313 e. The number of nitrogens with zero attached hydrogens (tertiary/aromatic N) is 1. The number of hydrogen-bond donors (Lipinski definition) is 1. The first-order chi connectivity index (χ1) is 10.2. The highest BCUT2D eigenvalue weighted by Crippen LogP contribution is 2.62. The molecule has 0 amide bonds. The Kier molecular flexibility index (Phi) is 3.33. The minimum Gasteiger partial charge on any atom is -0.313 e. The van der Waals surface area contributed by atoms with Gasteiger partial charge in [-0.3, -0.25) is 4.98 Å². The fraction of sp³-hybridized carbons (Fsp3) is 0.737. The third-order valence-electron chi connectivity index (χ3n) is 6.45. The number of nitrogens with one attached hydrogen (secondary N) is 1. The van der Waals surface area contributed by atoms with Gasteiger partial charge in [0, 0.05) is 18.4 Å². The van der Waals surface area contributed by atoms with Crippen molar-refractivity contribution in [2.75, 3.05) is 7.05 Å². The van der Waals surface area contributed by atoms with E-state index in [9.17, 15) is 0 Å². The van der Waals surface area contributed by atoms with Crippen LogP contribution in [0.25, 0.3) is 0 Å². The van der Waals surface area contributed by atoms with Crippen molar-refractivity contribution >= 4 is 0 Å². The summed E-state index contributed by atoms with van der Waals surface area (Å²) in [5.74, 6) is 3.14. The molecule has 4 fully saturated rings. The second-order valence-electron chi connectivity index (χ2n) is 8.26. The van der Waals surface area contributed by atoms with E-state index in [-0.39, 0.29) is 0 Å². The number of hydrogen-bond acceptors (Lipinski definition) is 2. The van der Waals surface area contributed by atoms with Crippen LogP contribution in [0.1, 0.15) is 62.1 Å². The number of rotatable bonds is 4. The average Bonchev–Trinajstić information content (AvgIpc) is 2.43. The molecule has 4 bridgehead atoms. The minimum atomic E-state index is 0.480. The van der Waals surface area contributed by atoms with Crippen molar-refractivity contribution in [2.45, 2.75) is 57.9 Å². The molecule has 0 aliphatic heterocycles. The maximum Gasteiger partial charge on any atom is 0.0338 e. The second-order valence-corrected chi connectivity index (χ2v) is 8.26. The molecule has 1 heterocycles. The fourth-order valence-electron chi connectivity index (χ4n) is 6.13. The summed E-state index contributed by atoms with van der Waals surface area (Å²) in [5.41, 5.74) is 3.29. The maximum absolute atomic E-state index is 4.41. The van der Waals surface area contributed by atoms with Gasteiger partial charge in [0.05, 0.1) is 0 Å². The smallest absolute Gasteiger partial charge is 0.0338 e. The van der Waals surface area contributed by atoms with E-state index >= 15 is 0 Å². The van der Waals surface area contributed by atoms with Crippen LogP contribution in [-0.2, 0) is 0 Å². The Bertz CT molecular complexity index is 487. The Morgan fingerprint density at radius 3 is 2.29 bits per heavy atom. The van der Waals surface area contributed by atoms with E-state index in [2.05, 4.69) is 36.5 Å². The molecule has 0 saturated heterocycles. The Labute approximate surface area is 128 Å². The van der Waals surface area contributed by atoms with Crippen molar-refractivity contribution in [1.29, 1.82) is 0 Å². The quantitative estimate of drug-likeness (QED) is 0.893. The Hall–Kier alpha value is -0.890. The van der Waals surface area contributed by atoms with E-state index in [0.717, 1.165) is 17.8 Å². The van der Waals surface area contributed by atoms with Crippen molar-refractivity contribution in [3.63, 3.8) is 0 Å². The molecular weight excluding hydrogens is 256 g/mol. The third kappa shape index (κ3) is 2.52. The van der Waals surface area contributed by atoms with Gasteiger partial charge in [-0.05, 0) is 93.2 Å². The maximum atomic E-state index is 4.41. The summed E-state index contributed by atoms with van der Waals surface area (Å²) < 4.78 is 0. The zero-order valence-electron chi connectivity index (χ0n) is 13.4. The van der Waals surface area contributed by atoms with Gasteiger partial charge in [0.15, 0.2) is 0 Å². The Balaban J connectivity index is 1.56. The van der Waals surface area contributed by atoms with Crippen molar-refractivity contribution in [1.82, 2.24) is 10.3 Å². The predicted octanol–water partition coefficient (Wildman–Crippen LogP) is 4.26. The molecule has 2 heteroatoms.